The van der Waals surface area contributed by atoms with Crippen molar-refractivity contribution in [1.82, 2.24) is 0 Å². The molecule has 0 amide bonds. The number of aliphatic hydroxyl groups is 1. The second-order valence-corrected chi connectivity index (χ2v) is 5.69. The van der Waals surface area contributed by atoms with Gasteiger partial charge in [-0.1, -0.05) is 71.4 Å². The first-order chi connectivity index (χ1) is 7.34. The van der Waals surface area contributed by atoms with Gasteiger partial charge in [0.25, 0.3) is 0 Å². The summed E-state index contributed by atoms with van der Waals surface area (Å²) in [7, 11) is 0. The van der Waals surface area contributed by atoms with E-state index in [2.05, 4.69) is 34.6 Å². The topological polar surface area (TPSA) is 20.2 Å². The first kappa shape index (κ1) is 13.2. The average molecular weight is 220 g/mol. The molecule has 1 nitrogen and oxygen atoms in total. The highest BCUT2D eigenvalue weighted by molar-refractivity contribution is 5.25. The molecule has 1 N–H and O–H groups in total. The second kappa shape index (κ2) is 4.58. The Bertz CT molecular complexity index is 323. The molecular formula is C15H24O. The molecule has 0 radical (unpaired) electrons. The van der Waals surface area contributed by atoms with Gasteiger partial charge in [-0.2, -0.15) is 0 Å². The monoisotopic (exact) mass is 220 g/mol. The molecule has 0 aliphatic carbocycles. The third-order valence-corrected chi connectivity index (χ3v) is 3.68. The van der Waals surface area contributed by atoms with E-state index in [9.17, 15) is 5.11 Å². The lowest BCUT2D eigenvalue weighted by molar-refractivity contribution is -0.108. The van der Waals surface area contributed by atoms with E-state index in [0.29, 0.717) is 0 Å². The predicted octanol–water partition coefficient (Wildman–Crippen LogP) is 3.97. The van der Waals surface area contributed by atoms with Crippen molar-refractivity contribution < 1.29 is 5.11 Å². The number of hydrogen-bond donors (Lipinski definition) is 1. The Balaban J connectivity index is 3.26. The van der Waals surface area contributed by atoms with Crippen LogP contribution in [-0.4, -0.2) is 5.11 Å². The molecule has 0 bridgehead atoms. The zero-order chi connectivity index (χ0) is 12.4. The van der Waals surface area contributed by atoms with E-state index in [1.807, 2.05) is 30.3 Å². The fourth-order valence-corrected chi connectivity index (χ4v) is 2.44. The lowest BCUT2D eigenvalue weighted by atomic mass is 9.65. The van der Waals surface area contributed by atoms with Gasteiger partial charge in [-0.15, -0.1) is 0 Å². The summed E-state index contributed by atoms with van der Waals surface area (Å²) >= 11 is 0. The summed E-state index contributed by atoms with van der Waals surface area (Å²) in [5.74, 6) is 0.245. The van der Waals surface area contributed by atoms with Crippen LogP contribution >= 0.6 is 0 Å². The summed E-state index contributed by atoms with van der Waals surface area (Å²) in [6.45, 7) is 10.6. The van der Waals surface area contributed by atoms with Gasteiger partial charge < -0.3 is 5.11 Å². The lowest BCUT2D eigenvalue weighted by Gasteiger charge is -2.45. The molecule has 1 aromatic carbocycles. The maximum absolute atomic E-state index is 11.1. The van der Waals surface area contributed by atoms with Gasteiger partial charge in [0.1, 0.15) is 0 Å². The quantitative estimate of drug-likeness (QED) is 0.817. The molecule has 0 fully saturated rings. The van der Waals surface area contributed by atoms with Gasteiger partial charge in [0.15, 0.2) is 0 Å². The van der Waals surface area contributed by atoms with E-state index in [1.54, 1.807) is 0 Å². The highest BCUT2D eigenvalue weighted by atomic mass is 16.3. The lowest BCUT2D eigenvalue weighted by Crippen LogP contribution is -2.45. The van der Waals surface area contributed by atoms with Crippen LogP contribution in [0.3, 0.4) is 0 Å². The third kappa shape index (κ3) is 2.15. The molecule has 0 aromatic heterocycles. The Hall–Kier alpha value is -0.820. The minimum Gasteiger partial charge on any atom is -0.384 e. The smallest absolute Gasteiger partial charge is 0.0969 e. The van der Waals surface area contributed by atoms with Crippen LogP contribution < -0.4 is 0 Å². The van der Waals surface area contributed by atoms with Crippen LogP contribution in [0.2, 0.25) is 0 Å². The van der Waals surface area contributed by atoms with Crippen LogP contribution in [0, 0.1) is 11.3 Å². The normalized spacial score (nSPS) is 17.9. The molecule has 1 aromatic rings. The van der Waals surface area contributed by atoms with Crippen LogP contribution in [0.15, 0.2) is 30.3 Å². The molecule has 1 heteroatoms. The van der Waals surface area contributed by atoms with Crippen LogP contribution in [0.1, 0.15) is 46.6 Å². The molecule has 0 spiro atoms. The van der Waals surface area contributed by atoms with Crippen molar-refractivity contribution in [3.05, 3.63) is 35.9 Å². The van der Waals surface area contributed by atoms with Crippen LogP contribution in [0.25, 0.3) is 0 Å². The minimum atomic E-state index is -0.761. The first-order valence-electron chi connectivity index (χ1n) is 6.12. The van der Waals surface area contributed by atoms with Gasteiger partial charge in [-0.05, 0) is 16.9 Å². The first-order valence-corrected chi connectivity index (χ1v) is 6.12. The number of rotatable bonds is 3. The molecule has 2 unspecified atom stereocenters. The van der Waals surface area contributed by atoms with Gasteiger partial charge in [-0.3, -0.25) is 0 Å². The third-order valence-electron chi connectivity index (χ3n) is 3.68. The summed E-state index contributed by atoms with van der Waals surface area (Å²) in [4.78, 5) is 0. The zero-order valence-electron chi connectivity index (χ0n) is 11.1. The molecule has 0 saturated heterocycles. The van der Waals surface area contributed by atoms with Crippen LogP contribution in [0.5, 0.6) is 0 Å². The SMILES string of the molecule is CCC(C)C(O)(c1ccccc1)C(C)(C)C. The molecule has 2 atom stereocenters. The molecule has 90 valence electrons. The van der Waals surface area contributed by atoms with Gasteiger partial charge in [0.2, 0.25) is 0 Å². The van der Waals surface area contributed by atoms with Gasteiger partial charge in [0.05, 0.1) is 5.60 Å². The number of benzene rings is 1. The van der Waals surface area contributed by atoms with Crippen molar-refractivity contribution in [3.8, 4) is 0 Å². The summed E-state index contributed by atoms with van der Waals surface area (Å²) in [6.07, 6.45) is 0.975. The van der Waals surface area contributed by atoms with Crippen LogP contribution in [0.4, 0.5) is 0 Å². The van der Waals surface area contributed by atoms with Crippen LogP contribution in [-0.2, 0) is 5.60 Å². The molecule has 16 heavy (non-hydrogen) atoms. The Morgan fingerprint density at radius 3 is 2.00 bits per heavy atom. The summed E-state index contributed by atoms with van der Waals surface area (Å²) in [6, 6.07) is 10.0. The predicted molar refractivity (Wildman–Crippen MR) is 69.2 cm³/mol. The zero-order valence-corrected chi connectivity index (χ0v) is 11.1. The van der Waals surface area contributed by atoms with Crippen molar-refractivity contribution in [2.24, 2.45) is 11.3 Å². The standard InChI is InChI=1S/C15H24O/c1-6-12(2)15(16,14(3,4)5)13-10-8-7-9-11-13/h7-12,16H,6H2,1-5H3. The molecule has 1 rings (SSSR count). The van der Waals surface area contributed by atoms with Crippen molar-refractivity contribution in [2.75, 3.05) is 0 Å². The molecule has 0 saturated carbocycles. The van der Waals surface area contributed by atoms with E-state index in [-0.39, 0.29) is 11.3 Å². The summed E-state index contributed by atoms with van der Waals surface area (Å²) < 4.78 is 0. The van der Waals surface area contributed by atoms with Gasteiger partial charge in [-0.25, -0.2) is 0 Å². The highest BCUT2D eigenvalue weighted by Crippen LogP contribution is 2.45. The number of hydrogen-bond acceptors (Lipinski definition) is 1. The fourth-order valence-electron chi connectivity index (χ4n) is 2.44. The molecular weight excluding hydrogens is 196 g/mol. The average Bonchev–Trinajstić information content (AvgIpc) is 2.26. The Labute approximate surface area is 99.5 Å². The van der Waals surface area contributed by atoms with Gasteiger partial charge in [0, 0.05) is 0 Å². The molecule has 0 heterocycles. The maximum atomic E-state index is 11.1. The molecule has 0 aliphatic heterocycles. The summed E-state index contributed by atoms with van der Waals surface area (Å²) in [5.41, 5.74) is 0.101. The highest BCUT2D eigenvalue weighted by Gasteiger charge is 2.45. The van der Waals surface area contributed by atoms with E-state index in [1.165, 1.54) is 0 Å². The van der Waals surface area contributed by atoms with Crippen molar-refractivity contribution in [2.45, 2.75) is 46.6 Å². The Kier molecular flexibility index (Phi) is 3.80. The van der Waals surface area contributed by atoms with Crippen molar-refractivity contribution in [3.63, 3.8) is 0 Å². The second-order valence-electron chi connectivity index (χ2n) is 5.69. The summed E-state index contributed by atoms with van der Waals surface area (Å²) in [5, 5.41) is 11.1. The van der Waals surface area contributed by atoms with E-state index in [4.69, 9.17) is 0 Å². The van der Waals surface area contributed by atoms with E-state index >= 15 is 0 Å². The van der Waals surface area contributed by atoms with Crippen molar-refractivity contribution in [1.29, 1.82) is 0 Å². The fraction of sp³-hybridized carbons (Fsp3) is 0.600. The van der Waals surface area contributed by atoms with Gasteiger partial charge >= 0.3 is 0 Å². The Morgan fingerprint density at radius 2 is 1.62 bits per heavy atom. The Morgan fingerprint density at radius 1 is 1.12 bits per heavy atom. The minimum absolute atomic E-state index is 0.163. The van der Waals surface area contributed by atoms with E-state index in [0.717, 1.165) is 12.0 Å². The molecule has 0 aliphatic rings. The van der Waals surface area contributed by atoms with Crippen molar-refractivity contribution >= 4 is 0 Å². The largest absolute Gasteiger partial charge is 0.384 e. The maximum Gasteiger partial charge on any atom is 0.0969 e. The van der Waals surface area contributed by atoms with E-state index < -0.39 is 5.60 Å².